The van der Waals surface area contributed by atoms with Gasteiger partial charge in [-0.25, -0.2) is 0 Å². The summed E-state index contributed by atoms with van der Waals surface area (Å²) in [7, 11) is 1.89. The predicted octanol–water partition coefficient (Wildman–Crippen LogP) is 2.22. The molecule has 130 valence electrons. The van der Waals surface area contributed by atoms with Gasteiger partial charge in [-0.15, -0.1) is 0 Å². The number of aliphatic carboxylic acids is 1. The molecule has 0 aliphatic heterocycles. The zero-order valence-corrected chi connectivity index (χ0v) is 15.1. The zero-order valence-electron chi connectivity index (χ0n) is 15.1. The summed E-state index contributed by atoms with van der Waals surface area (Å²) < 4.78 is 1.82. The number of aromatic nitrogens is 2. The number of hydrogen-bond donors (Lipinski definition) is 2. The largest absolute Gasteiger partial charge is 0.481 e. The molecule has 1 aromatic rings. The van der Waals surface area contributed by atoms with Gasteiger partial charge >= 0.3 is 5.97 Å². The average molecular weight is 323 g/mol. The molecule has 23 heavy (non-hydrogen) atoms. The first kappa shape index (κ1) is 19.2. The monoisotopic (exact) mass is 323 g/mol. The third kappa shape index (κ3) is 4.12. The average Bonchev–Trinajstić information content (AvgIpc) is 2.74. The van der Waals surface area contributed by atoms with Gasteiger partial charge in [0.15, 0.2) is 0 Å². The Bertz CT molecular complexity index is 574. The molecule has 1 atom stereocenters. The number of carbonyl (C=O) groups is 2. The van der Waals surface area contributed by atoms with E-state index in [0.29, 0.717) is 19.3 Å². The molecule has 1 rings (SSSR count). The number of nitrogens with one attached hydrogen (secondary N) is 1. The van der Waals surface area contributed by atoms with E-state index in [9.17, 15) is 14.7 Å². The van der Waals surface area contributed by atoms with Crippen LogP contribution in [0.3, 0.4) is 0 Å². The van der Waals surface area contributed by atoms with Crippen molar-refractivity contribution in [2.24, 2.45) is 18.4 Å². The first-order chi connectivity index (χ1) is 10.7. The van der Waals surface area contributed by atoms with Crippen molar-refractivity contribution >= 4 is 11.9 Å². The van der Waals surface area contributed by atoms with Gasteiger partial charge < -0.3 is 10.4 Å². The smallest absolute Gasteiger partial charge is 0.311 e. The molecule has 1 unspecified atom stereocenters. The second kappa shape index (κ2) is 7.62. The molecule has 6 heteroatoms. The summed E-state index contributed by atoms with van der Waals surface area (Å²) in [6, 6.07) is 0. The maximum absolute atomic E-state index is 12.3. The van der Waals surface area contributed by atoms with Gasteiger partial charge in [-0.05, 0) is 38.7 Å². The molecule has 0 bridgehead atoms. The molecule has 2 N–H and O–H groups in total. The summed E-state index contributed by atoms with van der Waals surface area (Å²) in [5.74, 6) is -1.19. The van der Waals surface area contributed by atoms with Crippen molar-refractivity contribution in [1.29, 1.82) is 0 Å². The van der Waals surface area contributed by atoms with E-state index < -0.39 is 11.4 Å². The topological polar surface area (TPSA) is 84.2 Å². The molecule has 0 saturated carbocycles. The van der Waals surface area contributed by atoms with Crippen LogP contribution >= 0.6 is 0 Å². The number of nitrogens with zero attached hydrogens (tertiary/aromatic N) is 2. The molecule has 1 aromatic heterocycles. The molecule has 0 aliphatic rings. The molecule has 0 spiro atoms. The second-order valence-electron chi connectivity index (χ2n) is 6.39. The highest BCUT2D eigenvalue weighted by Gasteiger charge is 2.35. The van der Waals surface area contributed by atoms with E-state index in [2.05, 4.69) is 10.4 Å². The van der Waals surface area contributed by atoms with Crippen LogP contribution in [0.1, 0.15) is 50.6 Å². The summed E-state index contributed by atoms with van der Waals surface area (Å²) in [6.45, 7) is 9.65. The fraction of sp³-hybridized carbons (Fsp3) is 0.706. The standard InChI is InChI=1S/C17H29N3O3/c1-7-17(8-2,16(22)23)10-18-15(21)11(3)9-14-12(4)19-20(6)13(14)5/h11H,7-10H2,1-6H3,(H,18,21)(H,22,23). The highest BCUT2D eigenvalue weighted by atomic mass is 16.4. The van der Waals surface area contributed by atoms with Crippen molar-refractivity contribution in [3.63, 3.8) is 0 Å². The van der Waals surface area contributed by atoms with Gasteiger partial charge in [-0.2, -0.15) is 5.10 Å². The van der Waals surface area contributed by atoms with Crippen molar-refractivity contribution in [2.75, 3.05) is 6.54 Å². The van der Waals surface area contributed by atoms with Crippen molar-refractivity contribution in [3.05, 3.63) is 17.0 Å². The minimum atomic E-state index is -0.879. The molecule has 0 aliphatic carbocycles. The zero-order chi connectivity index (χ0) is 17.8. The Labute approximate surface area is 138 Å². The van der Waals surface area contributed by atoms with Crippen molar-refractivity contribution in [1.82, 2.24) is 15.1 Å². The molecule has 6 nitrogen and oxygen atoms in total. The second-order valence-corrected chi connectivity index (χ2v) is 6.39. The van der Waals surface area contributed by atoms with E-state index in [1.807, 2.05) is 46.3 Å². The fourth-order valence-corrected chi connectivity index (χ4v) is 2.82. The summed E-state index contributed by atoms with van der Waals surface area (Å²) >= 11 is 0. The lowest BCUT2D eigenvalue weighted by atomic mass is 9.82. The van der Waals surface area contributed by atoms with Gasteiger partial charge in [0.2, 0.25) is 5.91 Å². The van der Waals surface area contributed by atoms with Crippen LogP contribution in [0.4, 0.5) is 0 Å². The Hall–Kier alpha value is -1.85. The molecule has 1 amide bonds. The molecule has 0 fully saturated rings. The number of carboxylic acids is 1. The van der Waals surface area contributed by atoms with Gasteiger partial charge in [0.1, 0.15) is 0 Å². The Kier molecular flexibility index (Phi) is 6.36. The van der Waals surface area contributed by atoms with Gasteiger partial charge in [-0.3, -0.25) is 14.3 Å². The van der Waals surface area contributed by atoms with Gasteiger partial charge in [0, 0.05) is 25.2 Å². The molecular formula is C17H29N3O3. The number of carbonyl (C=O) groups excluding carboxylic acids is 1. The summed E-state index contributed by atoms with van der Waals surface area (Å²) in [4.78, 5) is 23.8. The predicted molar refractivity (Wildman–Crippen MR) is 89.2 cm³/mol. The minimum absolute atomic E-state index is 0.111. The summed E-state index contributed by atoms with van der Waals surface area (Å²) in [5.41, 5.74) is 2.21. The van der Waals surface area contributed by atoms with Crippen LogP contribution in [0.25, 0.3) is 0 Å². The van der Waals surface area contributed by atoms with Crippen LogP contribution in [-0.2, 0) is 23.1 Å². The van der Waals surface area contributed by atoms with E-state index in [1.165, 1.54) is 0 Å². The van der Waals surface area contributed by atoms with E-state index in [4.69, 9.17) is 0 Å². The van der Waals surface area contributed by atoms with Gasteiger partial charge in [0.25, 0.3) is 0 Å². The van der Waals surface area contributed by atoms with Gasteiger partial charge in [0.05, 0.1) is 11.1 Å². The molecule has 1 heterocycles. The SMILES string of the molecule is CCC(CC)(CNC(=O)C(C)Cc1c(C)nn(C)c1C)C(=O)O. The van der Waals surface area contributed by atoms with Crippen LogP contribution in [-0.4, -0.2) is 33.3 Å². The molecule has 0 radical (unpaired) electrons. The van der Waals surface area contributed by atoms with Crippen molar-refractivity contribution in [2.45, 2.75) is 53.9 Å². The molecule has 0 saturated heterocycles. The summed E-state index contributed by atoms with van der Waals surface area (Å²) in [5, 5.41) is 16.6. The number of carboxylic acid groups (broad SMARTS) is 1. The Balaban J connectivity index is 2.72. The lowest BCUT2D eigenvalue weighted by Gasteiger charge is -2.27. The van der Waals surface area contributed by atoms with Crippen LogP contribution in [0.2, 0.25) is 0 Å². The van der Waals surface area contributed by atoms with E-state index in [-0.39, 0.29) is 18.4 Å². The van der Waals surface area contributed by atoms with Crippen LogP contribution in [0, 0.1) is 25.2 Å². The first-order valence-electron chi connectivity index (χ1n) is 8.18. The minimum Gasteiger partial charge on any atom is -0.481 e. The maximum Gasteiger partial charge on any atom is 0.311 e. The lowest BCUT2D eigenvalue weighted by Crippen LogP contribution is -2.44. The van der Waals surface area contributed by atoms with Gasteiger partial charge in [-0.1, -0.05) is 20.8 Å². The number of amides is 1. The number of rotatable bonds is 8. The van der Waals surface area contributed by atoms with Crippen LogP contribution < -0.4 is 5.32 Å². The molecular weight excluding hydrogens is 294 g/mol. The Morgan fingerprint density at radius 3 is 2.26 bits per heavy atom. The van der Waals surface area contributed by atoms with E-state index in [0.717, 1.165) is 17.0 Å². The highest BCUT2D eigenvalue weighted by Crippen LogP contribution is 2.26. The van der Waals surface area contributed by atoms with Crippen LogP contribution in [0.5, 0.6) is 0 Å². The van der Waals surface area contributed by atoms with Crippen molar-refractivity contribution < 1.29 is 14.7 Å². The van der Waals surface area contributed by atoms with Crippen molar-refractivity contribution in [3.8, 4) is 0 Å². The third-order valence-electron chi connectivity index (χ3n) is 5.03. The third-order valence-corrected chi connectivity index (χ3v) is 5.03. The quantitative estimate of drug-likeness (QED) is 0.768. The number of hydrogen-bond acceptors (Lipinski definition) is 3. The Morgan fingerprint density at radius 1 is 1.30 bits per heavy atom. The fourth-order valence-electron chi connectivity index (χ4n) is 2.82. The molecule has 0 aromatic carbocycles. The van der Waals surface area contributed by atoms with E-state index in [1.54, 1.807) is 0 Å². The van der Waals surface area contributed by atoms with Crippen LogP contribution in [0.15, 0.2) is 0 Å². The maximum atomic E-state index is 12.3. The summed E-state index contributed by atoms with van der Waals surface area (Å²) in [6.07, 6.45) is 1.60. The first-order valence-corrected chi connectivity index (χ1v) is 8.18. The normalized spacial score (nSPS) is 13.0. The Morgan fingerprint density at radius 2 is 1.87 bits per heavy atom. The highest BCUT2D eigenvalue weighted by molar-refractivity contribution is 5.80. The lowest BCUT2D eigenvalue weighted by molar-refractivity contribution is -0.149. The number of aryl methyl sites for hydroxylation is 2. The van der Waals surface area contributed by atoms with E-state index >= 15 is 0 Å².